The lowest BCUT2D eigenvalue weighted by atomic mass is 9.91. The van der Waals surface area contributed by atoms with E-state index in [1.54, 1.807) is 17.4 Å². The number of carbonyl (C=O) groups excluding carboxylic acids is 2. The molecule has 5 heteroatoms. The zero-order chi connectivity index (χ0) is 16.2. The summed E-state index contributed by atoms with van der Waals surface area (Å²) in [4.78, 5) is 26.1. The average molecular weight is 334 g/mol. The molecule has 2 rings (SSSR count). The molecule has 0 saturated heterocycles. The molecular weight excluding hydrogens is 316 g/mol. The molecule has 0 aliphatic heterocycles. The summed E-state index contributed by atoms with van der Waals surface area (Å²) < 4.78 is 5.22. The Morgan fingerprint density at radius 3 is 2.36 bits per heavy atom. The Morgan fingerprint density at radius 2 is 1.82 bits per heavy atom. The molecule has 0 spiro atoms. The van der Waals surface area contributed by atoms with E-state index in [1.165, 1.54) is 11.3 Å². The molecule has 0 amide bonds. The predicted octanol–water partition coefficient (Wildman–Crippen LogP) is 4.51. The van der Waals surface area contributed by atoms with Gasteiger partial charge >= 0.3 is 5.97 Å². The number of rotatable bonds is 5. The van der Waals surface area contributed by atoms with Crippen LogP contribution in [0.15, 0.2) is 35.0 Å². The molecule has 0 radical (unpaired) electrons. The number of esters is 1. The Kier molecular flexibility index (Phi) is 5.32. The zero-order valence-corrected chi connectivity index (χ0v) is 14.4. The number of ketones is 1. The first-order valence-corrected chi connectivity index (χ1v) is 8.63. The van der Waals surface area contributed by atoms with Gasteiger partial charge in [0.15, 0.2) is 12.4 Å². The minimum absolute atomic E-state index is 0.0949. The van der Waals surface area contributed by atoms with Crippen LogP contribution in [0.4, 0.5) is 0 Å². The van der Waals surface area contributed by atoms with E-state index in [2.05, 4.69) is 0 Å². The van der Waals surface area contributed by atoms with Crippen LogP contribution in [0.25, 0.3) is 11.6 Å². The Balaban J connectivity index is 2.16. The quantitative estimate of drug-likeness (QED) is 0.597. The first-order valence-electron chi connectivity index (χ1n) is 6.87. The maximum absolute atomic E-state index is 12.4. The third-order valence-corrected chi connectivity index (χ3v) is 4.73. The van der Waals surface area contributed by atoms with Gasteiger partial charge in [-0.1, -0.05) is 32.9 Å². The smallest absolute Gasteiger partial charge is 0.340 e. The summed E-state index contributed by atoms with van der Waals surface area (Å²) in [5.74, 6) is -0.559. The molecule has 0 fully saturated rings. The summed E-state index contributed by atoms with van der Waals surface area (Å²) in [5, 5.41) is 3.86. The summed E-state index contributed by atoms with van der Waals surface area (Å²) in [6.45, 7) is 5.23. The normalized spacial score (nSPS) is 12.2. The van der Waals surface area contributed by atoms with Crippen molar-refractivity contribution in [2.75, 3.05) is 6.61 Å². The number of hydrogen-bond acceptors (Lipinski definition) is 5. The van der Waals surface area contributed by atoms with Crippen molar-refractivity contribution in [3.05, 3.63) is 44.8 Å². The molecule has 0 aliphatic carbocycles. The largest absolute Gasteiger partial charge is 0.454 e. The summed E-state index contributed by atoms with van der Waals surface area (Å²) >= 11 is 3.02. The second kappa shape index (κ2) is 7.03. The van der Waals surface area contributed by atoms with E-state index >= 15 is 0 Å². The topological polar surface area (TPSA) is 43.4 Å². The first-order chi connectivity index (χ1) is 10.4. The Bertz CT molecular complexity index is 659. The van der Waals surface area contributed by atoms with Crippen LogP contribution in [0.2, 0.25) is 0 Å². The minimum Gasteiger partial charge on any atom is -0.454 e. The van der Waals surface area contributed by atoms with Crippen molar-refractivity contribution in [1.29, 1.82) is 0 Å². The van der Waals surface area contributed by atoms with Gasteiger partial charge in [-0.25, -0.2) is 4.79 Å². The van der Waals surface area contributed by atoms with Gasteiger partial charge < -0.3 is 4.74 Å². The van der Waals surface area contributed by atoms with Crippen LogP contribution >= 0.6 is 22.7 Å². The van der Waals surface area contributed by atoms with Gasteiger partial charge in [0.1, 0.15) is 0 Å². The van der Waals surface area contributed by atoms with Crippen LogP contribution in [0.5, 0.6) is 0 Å². The highest BCUT2D eigenvalue weighted by atomic mass is 32.1. The fourth-order valence-corrected chi connectivity index (χ4v) is 2.99. The molecule has 0 saturated carbocycles. The van der Waals surface area contributed by atoms with Crippen LogP contribution in [-0.2, 0) is 14.3 Å². The lowest BCUT2D eigenvalue weighted by Crippen LogP contribution is -2.26. The molecule has 0 atom stereocenters. The SMILES string of the molecule is CC(C)(C)C(=O)COC(=O)/C(=C/c1cccs1)c1cccs1. The summed E-state index contributed by atoms with van der Waals surface area (Å²) in [6, 6.07) is 7.62. The zero-order valence-electron chi connectivity index (χ0n) is 12.8. The van der Waals surface area contributed by atoms with Gasteiger partial charge in [0.25, 0.3) is 0 Å². The predicted molar refractivity (Wildman–Crippen MR) is 91.9 cm³/mol. The average Bonchev–Trinajstić information content (AvgIpc) is 3.13. The molecule has 22 heavy (non-hydrogen) atoms. The molecule has 2 heterocycles. The van der Waals surface area contributed by atoms with E-state index < -0.39 is 11.4 Å². The molecule has 0 aromatic carbocycles. The van der Waals surface area contributed by atoms with Crippen LogP contribution < -0.4 is 0 Å². The summed E-state index contributed by atoms with van der Waals surface area (Å²) in [5.41, 5.74) is -0.0277. The van der Waals surface area contributed by atoms with E-state index in [-0.39, 0.29) is 12.4 Å². The van der Waals surface area contributed by atoms with Crippen LogP contribution in [0, 0.1) is 5.41 Å². The van der Waals surface area contributed by atoms with Gasteiger partial charge in [0.05, 0.1) is 5.57 Å². The third-order valence-electron chi connectivity index (χ3n) is 3.01. The standard InChI is InChI=1S/C17H18O3S2/c1-17(2,3)15(18)11-20-16(19)13(14-7-5-9-22-14)10-12-6-4-8-21-12/h4-10H,11H2,1-3H3/b13-10+. The number of hydrogen-bond donors (Lipinski definition) is 0. The van der Waals surface area contributed by atoms with E-state index in [1.807, 2.05) is 55.8 Å². The number of ether oxygens (including phenoxy) is 1. The van der Waals surface area contributed by atoms with E-state index in [0.29, 0.717) is 5.57 Å². The highest BCUT2D eigenvalue weighted by Crippen LogP contribution is 2.26. The van der Waals surface area contributed by atoms with Crippen molar-refractivity contribution in [2.24, 2.45) is 5.41 Å². The molecule has 0 aliphatic rings. The van der Waals surface area contributed by atoms with E-state index in [9.17, 15) is 9.59 Å². The molecule has 0 unspecified atom stereocenters. The Morgan fingerprint density at radius 1 is 1.14 bits per heavy atom. The monoisotopic (exact) mass is 334 g/mol. The van der Waals surface area contributed by atoms with Gasteiger partial charge in [-0.2, -0.15) is 0 Å². The Labute approximate surface area is 138 Å². The number of Topliss-reactive ketones (excluding diaryl/α,β-unsaturated/α-hetero) is 1. The molecule has 0 N–H and O–H groups in total. The van der Waals surface area contributed by atoms with Crippen molar-refractivity contribution in [1.82, 2.24) is 0 Å². The highest BCUT2D eigenvalue weighted by Gasteiger charge is 2.24. The maximum Gasteiger partial charge on any atom is 0.340 e. The molecule has 2 aromatic heterocycles. The molecule has 2 aromatic rings. The highest BCUT2D eigenvalue weighted by molar-refractivity contribution is 7.12. The molecular formula is C17H18O3S2. The van der Waals surface area contributed by atoms with Gasteiger partial charge in [-0.15, -0.1) is 22.7 Å². The van der Waals surface area contributed by atoms with Crippen molar-refractivity contribution < 1.29 is 14.3 Å². The van der Waals surface area contributed by atoms with E-state index in [0.717, 1.165) is 9.75 Å². The van der Waals surface area contributed by atoms with Crippen molar-refractivity contribution in [2.45, 2.75) is 20.8 Å². The van der Waals surface area contributed by atoms with Crippen molar-refractivity contribution in [3.8, 4) is 0 Å². The third kappa shape index (κ3) is 4.39. The van der Waals surface area contributed by atoms with E-state index in [4.69, 9.17) is 4.74 Å². The molecule has 0 bridgehead atoms. The van der Waals surface area contributed by atoms with Crippen LogP contribution in [0.1, 0.15) is 30.5 Å². The van der Waals surface area contributed by atoms with Crippen molar-refractivity contribution >= 4 is 46.1 Å². The second-order valence-electron chi connectivity index (χ2n) is 5.80. The van der Waals surface area contributed by atoms with Gasteiger partial charge in [-0.05, 0) is 29.0 Å². The van der Waals surface area contributed by atoms with Crippen LogP contribution in [0.3, 0.4) is 0 Å². The Hall–Kier alpha value is -1.72. The number of carbonyl (C=O) groups is 2. The lowest BCUT2D eigenvalue weighted by molar-refractivity contribution is -0.144. The van der Waals surface area contributed by atoms with Crippen LogP contribution in [-0.4, -0.2) is 18.4 Å². The lowest BCUT2D eigenvalue weighted by Gasteiger charge is -2.16. The second-order valence-corrected chi connectivity index (χ2v) is 7.73. The summed E-state index contributed by atoms with van der Waals surface area (Å²) in [7, 11) is 0. The number of thiophene rings is 2. The van der Waals surface area contributed by atoms with Crippen molar-refractivity contribution in [3.63, 3.8) is 0 Å². The fourth-order valence-electron chi connectivity index (χ4n) is 1.60. The minimum atomic E-state index is -0.513. The maximum atomic E-state index is 12.4. The summed E-state index contributed by atoms with van der Waals surface area (Å²) in [6.07, 6.45) is 1.81. The van der Waals surface area contributed by atoms with Gasteiger partial charge in [-0.3, -0.25) is 4.79 Å². The van der Waals surface area contributed by atoms with Gasteiger partial charge in [0.2, 0.25) is 0 Å². The molecule has 116 valence electrons. The van der Waals surface area contributed by atoms with Gasteiger partial charge in [0, 0.05) is 15.2 Å². The molecule has 3 nitrogen and oxygen atoms in total. The first kappa shape index (κ1) is 16.6. The fraction of sp³-hybridized carbons (Fsp3) is 0.294.